The van der Waals surface area contributed by atoms with E-state index < -0.39 is 28.5 Å². The van der Waals surface area contributed by atoms with Crippen LogP contribution in [0, 0.1) is 20.8 Å². The number of unbranched alkanes of at least 4 members (excludes halogenated alkanes) is 1. The minimum atomic E-state index is -4.33. The summed E-state index contributed by atoms with van der Waals surface area (Å²) >= 11 is 0. The number of sulfonamides is 1. The van der Waals surface area contributed by atoms with E-state index in [0.29, 0.717) is 18.0 Å². The molecule has 0 heterocycles. The predicted molar refractivity (Wildman–Crippen MR) is 194 cm³/mol. The summed E-state index contributed by atoms with van der Waals surface area (Å²) in [5, 5.41) is 3.03. The molecule has 4 rings (SSSR count). The Kier molecular flexibility index (Phi) is 12.8. The number of nitrogens with zero attached hydrogens (tertiary/aromatic N) is 2. The molecule has 49 heavy (non-hydrogen) atoms. The number of anilines is 1. The van der Waals surface area contributed by atoms with Gasteiger partial charge in [-0.1, -0.05) is 79.6 Å². The highest BCUT2D eigenvalue weighted by Gasteiger charge is 2.35. The van der Waals surface area contributed by atoms with Crippen molar-refractivity contribution >= 4 is 27.5 Å². The summed E-state index contributed by atoms with van der Waals surface area (Å²) in [6, 6.07) is 26.1. The summed E-state index contributed by atoms with van der Waals surface area (Å²) in [6.07, 6.45) is 1.94. The molecule has 4 aromatic rings. The van der Waals surface area contributed by atoms with Gasteiger partial charge in [-0.3, -0.25) is 13.9 Å². The van der Waals surface area contributed by atoms with E-state index in [4.69, 9.17) is 9.47 Å². The second-order valence-electron chi connectivity index (χ2n) is 12.2. The largest absolute Gasteiger partial charge is 0.493 e. The summed E-state index contributed by atoms with van der Waals surface area (Å²) in [7, 11) is -1.42. The van der Waals surface area contributed by atoms with E-state index in [9.17, 15) is 18.0 Å². The molecule has 0 saturated carbocycles. The van der Waals surface area contributed by atoms with E-state index in [0.717, 1.165) is 45.0 Å². The first kappa shape index (κ1) is 37.0. The number of nitrogens with one attached hydrogen (secondary N) is 1. The van der Waals surface area contributed by atoms with Gasteiger partial charge in [0.25, 0.3) is 10.0 Å². The first-order valence-electron chi connectivity index (χ1n) is 16.5. The van der Waals surface area contributed by atoms with Crippen molar-refractivity contribution in [3.05, 3.63) is 119 Å². The normalized spacial score (nSPS) is 11.8. The zero-order valence-corrected chi connectivity index (χ0v) is 30.0. The number of aryl methyl sites for hydroxylation is 3. The van der Waals surface area contributed by atoms with E-state index >= 15 is 0 Å². The Morgan fingerprint density at radius 1 is 0.776 bits per heavy atom. The lowest BCUT2D eigenvalue weighted by Crippen LogP contribution is -2.53. The molecule has 10 heteroatoms. The highest BCUT2D eigenvalue weighted by atomic mass is 32.2. The van der Waals surface area contributed by atoms with E-state index in [1.807, 2.05) is 88.4 Å². The van der Waals surface area contributed by atoms with Gasteiger partial charge >= 0.3 is 0 Å². The van der Waals surface area contributed by atoms with Crippen LogP contribution in [-0.4, -0.2) is 58.5 Å². The van der Waals surface area contributed by atoms with Gasteiger partial charge in [0.15, 0.2) is 11.5 Å². The molecule has 0 aliphatic carbocycles. The molecule has 0 unspecified atom stereocenters. The molecule has 0 aliphatic rings. The molecule has 0 aliphatic heterocycles. The van der Waals surface area contributed by atoms with Gasteiger partial charge in [0, 0.05) is 25.6 Å². The number of ether oxygens (including phenoxy) is 2. The average Bonchev–Trinajstić information content (AvgIpc) is 3.08. The summed E-state index contributed by atoms with van der Waals surface area (Å²) < 4.78 is 40.9. The Bertz CT molecular complexity index is 1820. The molecule has 1 N–H and O–H groups in total. The molecule has 1 atom stereocenters. The number of benzene rings is 4. The van der Waals surface area contributed by atoms with Crippen LogP contribution in [0.15, 0.2) is 95.9 Å². The Balaban J connectivity index is 1.84. The van der Waals surface area contributed by atoms with Crippen LogP contribution < -0.4 is 19.1 Å². The number of amides is 2. The van der Waals surface area contributed by atoms with E-state index in [1.165, 1.54) is 37.3 Å². The van der Waals surface area contributed by atoms with E-state index in [-0.39, 0.29) is 29.5 Å². The zero-order chi connectivity index (χ0) is 35.6. The Hall–Kier alpha value is -4.83. The van der Waals surface area contributed by atoms with Crippen molar-refractivity contribution in [2.45, 2.75) is 64.4 Å². The van der Waals surface area contributed by atoms with E-state index in [1.54, 1.807) is 12.1 Å². The van der Waals surface area contributed by atoms with Crippen LogP contribution in [0.5, 0.6) is 11.5 Å². The summed E-state index contributed by atoms with van der Waals surface area (Å²) in [4.78, 5) is 30.2. The maximum atomic E-state index is 14.7. The third-order valence-corrected chi connectivity index (χ3v) is 10.0. The number of methoxy groups -OCH3 is 2. The minimum absolute atomic E-state index is 0.0690. The monoisotopic (exact) mass is 685 g/mol. The maximum absolute atomic E-state index is 14.7. The number of carbonyl (C=O) groups excluding carboxylic acids is 2. The van der Waals surface area contributed by atoms with Crippen molar-refractivity contribution in [1.29, 1.82) is 0 Å². The first-order valence-corrected chi connectivity index (χ1v) is 17.9. The number of carbonyl (C=O) groups is 2. The van der Waals surface area contributed by atoms with Crippen LogP contribution in [-0.2, 0) is 32.6 Å². The molecule has 260 valence electrons. The number of hydrogen-bond donors (Lipinski definition) is 1. The highest BCUT2D eigenvalue weighted by Crippen LogP contribution is 2.33. The third kappa shape index (κ3) is 9.63. The Labute approximate surface area is 290 Å². The quantitative estimate of drug-likeness (QED) is 0.137. The lowest BCUT2D eigenvalue weighted by molar-refractivity contribution is -0.140. The standard InChI is InChI=1S/C39H47N3O6S/c1-7-8-19-40-39(44)35(24-31-14-10-9-11-15-31)41(26-32-16-12-13-28(2)21-32)38(43)27-42(33-22-29(3)20-30(4)23-33)49(45,46)34-17-18-36(47-5)37(25-34)48-6/h9-18,20-23,25,35H,7-8,19,24,26-27H2,1-6H3,(H,40,44)/t35-/m1/s1. The van der Waals surface area contributed by atoms with Crippen LogP contribution in [0.1, 0.15) is 47.6 Å². The van der Waals surface area contributed by atoms with Crippen LogP contribution in [0.25, 0.3) is 0 Å². The molecule has 0 aromatic heterocycles. The lowest BCUT2D eigenvalue weighted by Gasteiger charge is -2.34. The highest BCUT2D eigenvalue weighted by molar-refractivity contribution is 7.92. The molecule has 9 nitrogen and oxygen atoms in total. The predicted octanol–water partition coefficient (Wildman–Crippen LogP) is 6.38. The Morgan fingerprint density at radius 3 is 2.08 bits per heavy atom. The maximum Gasteiger partial charge on any atom is 0.264 e. The zero-order valence-electron chi connectivity index (χ0n) is 29.2. The average molecular weight is 686 g/mol. The molecular weight excluding hydrogens is 639 g/mol. The van der Waals surface area contributed by atoms with Crippen molar-refractivity contribution in [3.63, 3.8) is 0 Å². The lowest BCUT2D eigenvalue weighted by atomic mass is 10.0. The molecule has 2 amide bonds. The van der Waals surface area contributed by atoms with E-state index in [2.05, 4.69) is 5.32 Å². The van der Waals surface area contributed by atoms with Crippen LogP contribution in [0.4, 0.5) is 5.69 Å². The minimum Gasteiger partial charge on any atom is -0.493 e. The van der Waals surface area contributed by atoms with Crippen LogP contribution >= 0.6 is 0 Å². The van der Waals surface area contributed by atoms with Crippen molar-refractivity contribution in [1.82, 2.24) is 10.2 Å². The second kappa shape index (κ2) is 17.0. The van der Waals surface area contributed by atoms with Gasteiger partial charge in [-0.05, 0) is 73.7 Å². The molecule has 0 bridgehead atoms. The van der Waals surface area contributed by atoms with Crippen molar-refractivity contribution in [2.75, 3.05) is 31.6 Å². The summed E-state index contributed by atoms with van der Waals surface area (Å²) in [5.41, 5.74) is 4.72. The van der Waals surface area contributed by atoms with Crippen molar-refractivity contribution < 1.29 is 27.5 Å². The molecule has 0 spiro atoms. The van der Waals surface area contributed by atoms with Crippen LogP contribution in [0.2, 0.25) is 0 Å². The van der Waals surface area contributed by atoms with Gasteiger partial charge in [0.05, 0.1) is 24.8 Å². The Morgan fingerprint density at radius 2 is 1.45 bits per heavy atom. The van der Waals surface area contributed by atoms with Gasteiger partial charge in [-0.2, -0.15) is 0 Å². The number of hydrogen-bond acceptors (Lipinski definition) is 6. The summed E-state index contributed by atoms with van der Waals surface area (Å²) in [5.74, 6) is -0.198. The molecular formula is C39H47N3O6S. The van der Waals surface area contributed by atoms with Gasteiger partial charge < -0.3 is 19.7 Å². The van der Waals surface area contributed by atoms with Gasteiger partial charge in [-0.15, -0.1) is 0 Å². The summed E-state index contributed by atoms with van der Waals surface area (Å²) in [6.45, 7) is 7.79. The molecule has 0 radical (unpaired) electrons. The van der Waals surface area contributed by atoms with Gasteiger partial charge in [-0.25, -0.2) is 8.42 Å². The topological polar surface area (TPSA) is 105 Å². The fraction of sp³-hybridized carbons (Fsp3) is 0.333. The van der Waals surface area contributed by atoms with Gasteiger partial charge in [0.2, 0.25) is 11.8 Å². The molecule has 0 fully saturated rings. The molecule has 4 aromatic carbocycles. The van der Waals surface area contributed by atoms with Crippen molar-refractivity contribution in [2.24, 2.45) is 0 Å². The van der Waals surface area contributed by atoms with Crippen molar-refractivity contribution in [3.8, 4) is 11.5 Å². The smallest absolute Gasteiger partial charge is 0.264 e. The van der Waals surface area contributed by atoms with Crippen LogP contribution in [0.3, 0.4) is 0 Å². The third-order valence-electron chi connectivity index (χ3n) is 8.25. The fourth-order valence-electron chi connectivity index (χ4n) is 5.79. The fourth-order valence-corrected chi connectivity index (χ4v) is 7.21. The first-order chi connectivity index (χ1) is 23.5. The second-order valence-corrected chi connectivity index (χ2v) is 14.1. The number of rotatable bonds is 16. The molecule has 0 saturated heterocycles. The SMILES string of the molecule is CCCCNC(=O)[C@@H](Cc1ccccc1)N(Cc1cccc(C)c1)C(=O)CN(c1cc(C)cc(C)c1)S(=O)(=O)c1ccc(OC)c(OC)c1. The van der Waals surface area contributed by atoms with Gasteiger partial charge in [0.1, 0.15) is 12.6 Å².